The average Bonchev–Trinajstić information content (AvgIpc) is 2.81. The molecule has 0 fully saturated rings. The van der Waals surface area contributed by atoms with Crippen molar-refractivity contribution in [2.24, 2.45) is 14.1 Å². The van der Waals surface area contributed by atoms with Crippen LogP contribution in [-0.2, 0) is 20.6 Å². The van der Waals surface area contributed by atoms with Gasteiger partial charge >= 0.3 is 0 Å². The molecule has 6 nitrogen and oxygen atoms in total. The number of nitrogens with one attached hydrogen (secondary N) is 1. The third-order valence-electron chi connectivity index (χ3n) is 2.85. The van der Waals surface area contributed by atoms with Crippen molar-refractivity contribution in [3.8, 4) is 0 Å². The molecule has 6 heteroatoms. The summed E-state index contributed by atoms with van der Waals surface area (Å²) in [5, 5.41) is 15.7. The second kappa shape index (κ2) is 4.67. The third kappa shape index (κ3) is 2.52. The molecule has 0 saturated heterocycles. The van der Waals surface area contributed by atoms with E-state index in [4.69, 9.17) is 0 Å². The van der Waals surface area contributed by atoms with E-state index in [2.05, 4.69) is 27.5 Å². The van der Waals surface area contributed by atoms with Crippen LogP contribution in [0.2, 0.25) is 0 Å². The molecule has 1 atom stereocenters. The Bertz CT molecular complexity index is 498. The molecule has 0 aliphatic rings. The Kier molecular flexibility index (Phi) is 3.23. The fraction of sp³-hybridized carbons (Fsp3) is 0.545. The van der Waals surface area contributed by atoms with E-state index >= 15 is 0 Å². The van der Waals surface area contributed by atoms with E-state index in [1.54, 1.807) is 6.33 Å². The molecule has 0 aliphatic carbocycles. The van der Waals surface area contributed by atoms with Crippen LogP contribution in [0.3, 0.4) is 0 Å². The maximum Gasteiger partial charge on any atom is 0.149 e. The highest BCUT2D eigenvalue weighted by Gasteiger charge is 2.11. The van der Waals surface area contributed by atoms with Crippen molar-refractivity contribution in [2.75, 3.05) is 0 Å². The van der Waals surface area contributed by atoms with Crippen molar-refractivity contribution in [2.45, 2.75) is 26.4 Å². The molecule has 17 heavy (non-hydrogen) atoms. The first-order valence-corrected chi connectivity index (χ1v) is 5.64. The highest BCUT2D eigenvalue weighted by atomic mass is 15.3. The molecule has 2 heterocycles. The number of rotatable bonds is 4. The van der Waals surface area contributed by atoms with Gasteiger partial charge in [-0.1, -0.05) is 0 Å². The van der Waals surface area contributed by atoms with E-state index in [-0.39, 0.29) is 6.04 Å². The van der Waals surface area contributed by atoms with Crippen LogP contribution in [0.1, 0.15) is 30.0 Å². The summed E-state index contributed by atoms with van der Waals surface area (Å²) >= 11 is 0. The first-order valence-electron chi connectivity index (χ1n) is 5.64. The summed E-state index contributed by atoms with van der Waals surface area (Å²) in [7, 11) is 3.88. The summed E-state index contributed by atoms with van der Waals surface area (Å²) < 4.78 is 3.76. The van der Waals surface area contributed by atoms with Gasteiger partial charge in [0.25, 0.3) is 0 Å². The average molecular weight is 234 g/mol. The molecule has 0 radical (unpaired) electrons. The summed E-state index contributed by atoms with van der Waals surface area (Å²) in [5.74, 6) is 0.937. The van der Waals surface area contributed by atoms with E-state index in [9.17, 15) is 0 Å². The Morgan fingerprint density at radius 3 is 2.71 bits per heavy atom. The topological polar surface area (TPSA) is 60.6 Å². The van der Waals surface area contributed by atoms with Gasteiger partial charge in [-0.3, -0.25) is 4.68 Å². The van der Waals surface area contributed by atoms with Crippen molar-refractivity contribution in [3.63, 3.8) is 0 Å². The molecule has 0 saturated carbocycles. The van der Waals surface area contributed by atoms with Gasteiger partial charge in [0.05, 0.1) is 11.7 Å². The fourth-order valence-corrected chi connectivity index (χ4v) is 1.86. The molecule has 0 aliphatic heterocycles. The van der Waals surface area contributed by atoms with Gasteiger partial charge < -0.3 is 9.88 Å². The largest absolute Gasteiger partial charge is 0.319 e. The van der Waals surface area contributed by atoms with Gasteiger partial charge in [-0.2, -0.15) is 5.10 Å². The van der Waals surface area contributed by atoms with E-state index in [1.165, 1.54) is 5.56 Å². The van der Waals surface area contributed by atoms with Crippen LogP contribution >= 0.6 is 0 Å². The predicted molar refractivity (Wildman–Crippen MR) is 64.2 cm³/mol. The zero-order chi connectivity index (χ0) is 12.4. The van der Waals surface area contributed by atoms with Crippen molar-refractivity contribution in [1.29, 1.82) is 0 Å². The first-order chi connectivity index (χ1) is 8.08. The molecule has 2 aromatic heterocycles. The van der Waals surface area contributed by atoms with Crippen molar-refractivity contribution < 1.29 is 0 Å². The molecule has 0 aromatic carbocycles. The molecule has 0 bridgehead atoms. The minimum absolute atomic E-state index is 0.169. The van der Waals surface area contributed by atoms with Crippen LogP contribution in [0.25, 0.3) is 0 Å². The van der Waals surface area contributed by atoms with Crippen molar-refractivity contribution in [1.82, 2.24) is 29.9 Å². The lowest BCUT2D eigenvalue weighted by Gasteiger charge is -2.12. The second-order valence-corrected chi connectivity index (χ2v) is 4.32. The van der Waals surface area contributed by atoms with Crippen LogP contribution in [0, 0.1) is 6.92 Å². The van der Waals surface area contributed by atoms with Crippen LogP contribution in [0.4, 0.5) is 0 Å². The van der Waals surface area contributed by atoms with Gasteiger partial charge in [0.2, 0.25) is 0 Å². The van der Waals surface area contributed by atoms with E-state index < -0.39 is 0 Å². The molecule has 2 aromatic rings. The lowest BCUT2D eigenvalue weighted by atomic mass is 10.2. The summed E-state index contributed by atoms with van der Waals surface area (Å²) in [4.78, 5) is 0. The molecule has 1 unspecified atom stereocenters. The monoisotopic (exact) mass is 234 g/mol. The lowest BCUT2D eigenvalue weighted by molar-refractivity contribution is 0.527. The number of aromatic nitrogens is 5. The Hall–Kier alpha value is -1.69. The minimum Gasteiger partial charge on any atom is -0.319 e. The van der Waals surface area contributed by atoms with Gasteiger partial charge in [0.1, 0.15) is 12.2 Å². The summed E-state index contributed by atoms with van der Waals surface area (Å²) in [6.45, 7) is 4.88. The van der Waals surface area contributed by atoms with E-state index in [0.29, 0.717) is 0 Å². The third-order valence-corrected chi connectivity index (χ3v) is 2.85. The Morgan fingerprint density at radius 1 is 1.41 bits per heavy atom. The highest BCUT2D eigenvalue weighted by Crippen LogP contribution is 2.10. The SMILES string of the molecule is Cc1nn(C)cc1CNC(C)c1nncn1C. The smallest absolute Gasteiger partial charge is 0.149 e. The van der Waals surface area contributed by atoms with Crippen LogP contribution < -0.4 is 5.32 Å². The van der Waals surface area contributed by atoms with Crippen molar-refractivity contribution >= 4 is 0 Å². The minimum atomic E-state index is 0.169. The van der Waals surface area contributed by atoms with Crippen LogP contribution in [0.5, 0.6) is 0 Å². The second-order valence-electron chi connectivity index (χ2n) is 4.32. The zero-order valence-electron chi connectivity index (χ0n) is 10.7. The number of hydrogen-bond donors (Lipinski definition) is 1. The molecule has 0 amide bonds. The summed E-state index contributed by atoms with van der Waals surface area (Å²) in [6.07, 6.45) is 3.74. The van der Waals surface area contributed by atoms with Gasteiger partial charge in [-0.25, -0.2) is 0 Å². The zero-order valence-corrected chi connectivity index (χ0v) is 10.7. The summed E-state index contributed by atoms with van der Waals surface area (Å²) in [6, 6.07) is 0.169. The number of aryl methyl sites for hydroxylation is 3. The lowest BCUT2D eigenvalue weighted by Crippen LogP contribution is -2.21. The number of hydrogen-bond acceptors (Lipinski definition) is 4. The number of nitrogens with zero attached hydrogens (tertiary/aromatic N) is 5. The standard InChI is InChI=1S/C11H18N6/c1-8-10(6-17(4)15-8)5-12-9(2)11-14-13-7-16(11)3/h6-7,9,12H,5H2,1-4H3. The Morgan fingerprint density at radius 2 is 2.18 bits per heavy atom. The van der Waals surface area contributed by atoms with Crippen molar-refractivity contribution in [3.05, 3.63) is 29.6 Å². The molecule has 92 valence electrons. The maximum atomic E-state index is 4.31. The van der Waals surface area contributed by atoms with Gasteiger partial charge in [-0.15, -0.1) is 10.2 Å². The van der Waals surface area contributed by atoms with Crippen LogP contribution in [0.15, 0.2) is 12.5 Å². The Balaban J connectivity index is 1.99. The molecule has 0 spiro atoms. The summed E-state index contributed by atoms with van der Waals surface area (Å²) in [5.41, 5.74) is 2.27. The molecular weight excluding hydrogens is 216 g/mol. The van der Waals surface area contributed by atoms with E-state index in [1.807, 2.05) is 36.5 Å². The highest BCUT2D eigenvalue weighted by molar-refractivity contribution is 5.15. The molecular formula is C11H18N6. The fourth-order valence-electron chi connectivity index (χ4n) is 1.86. The molecule has 1 N–H and O–H groups in total. The Labute approximate surface area is 101 Å². The van der Waals surface area contributed by atoms with Gasteiger partial charge in [0, 0.05) is 32.4 Å². The maximum absolute atomic E-state index is 4.31. The first kappa shape index (κ1) is 11.8. The van der Waals surface area contributed by atoms with Gasteiger partial charge in [0.15, 0.2) is 0 Å². The van der Waals surface area contributed by atoms with Crippen LogP contribution in [-0.4, -0.2) is 24.5 Å². The molecule has 2 rings (SSSR count). The normalized spacial score (nSPS) is 12.9. The predicted octanol–water partition coefficient (Wildman–Crippen LogP) is 0.708. The quantitative estimate of drug-likeness (QED) is 0.846. The van der Waals surface area contributed by atoms with E-state index in [0.717, 1.165) is 18.1 Å². The van der Waals surface area contributed by atoms with Gasteiger partial charge in [-0.05, 0) is 13.8 Å².